The predicted molar refractivity (Wildman–Crippen MR) is 59.4 cm³/mol. The van der Waals surface area contributed by atoms with E-state index in [1.54, 1.807) is 4.68 Å². The molecule has 0 spiro atoms. The molecule has 1 aliphatic rings. The monoisotopic (exact) mass is 206 g/mol. The van der Waals surface area contributed by atoms with Gasteiger partial charge in [0.15, 0.2) is 0 Å². The fourth-order valence-corrected chi connectivity index (χ4v) is 2.15. The second-order valence-corrected chi connectivity index (χ2v) is 4.34. The molecule has 0 amide bonds. The summed E-state index contributed by atoms with van der Waals surface area (Å²) in [7, 11) is 1.90. The van der Waals surface area contributed by atoms with Crippen LogP contribution in [-0.4, -0.2) is 21.0 Å². The number of hydrogen-bond donors (Lipinski definition) is 1. The molecule has 15 heavy (non-hydrogen) atoms. The highest BCUT2D eigenvalue weighted by atomic mass is 16.3. The van der Waals surface area contributed by atoms with E-state index in [-0.39, 0.29) is 6.10 Å². The first-order valence-electron chi connectivity index (χ1n) is 5.56. The van der Waals surface area contributed by atoms with Gasteiger partial charge in [-0.1, -0.05) is 12.2 Å². The first kappa shape index (κ1) is 10.4. The van der Waals surface area contributed by atoms with Crippen LogP contribution in [0.1, 0.15) is 24.8 Å². The summed E-state index contributed by atoms with van der Waals surface area (Å²) in [6.07, 6.45) is 11.9. The number of aliphatic hydroxyl groups is 1. The van der Waals surface area contributed by atoms with Crippen molar-refractivity contribution in [2.24, 2.45) is 13.0 Å². The maximum Gasteiger partial charge on any atom is 0.0612 e. The third kappa shape index (κ3) is 2.69. The van der Waals surface area contributed by atoms with Gasteiger partial charge >= 0.3 is 0 Å². The lowest BCUT2D eigenvalue weighted by Gasteiger charge is -2.23. The van der Waals surface area contributed by atoms with E-state index in [9.17, 15) is 5.11 Å². The zero-order valence-corrected chi connectivity index (χ0v) is 9.13. The van der Waals surface area contributed by atoms with E-state index in [2.05, 4.69) is 17.3 Å². The van der Waals surface area contributed by atoms with Gasteiger partial charge in [-0.25, -0.2) is 0 Å². The lowest BCUT2D eigenvalue weighted by atomic mass is 9.87. The normalized spacial score (nSPS) is 22.9. The van der Waals surface area contributed by atoms with Crippen LogP contribution < -0.4 is 0 Å². The average molecular weight is 206 g/mol. The average Bonchev–Trinajstić information content (AvgIpc) is 2.65. The fraction of sp³-hybridized carbons (Fsp3) is 0.583. The van der Waals surface area contributed by atoms with Crippen molar-refractivity contribution in [1.29, 1.82) is 0 Å². The summed E-state index contributed by atoms with van der Waals surface area (Å²) in [5.41, 5.74) is 1.12. The van der Waals surface area contributed by atoms with Crippen LogP contribution in [0, 0.1) is 5.92 Å². The van der Waals surface area contributed by atoms with Gasteiger partial charge in [-0.3, -0.25) is 4.68 Å². The van der Waals surface area contributed by atoms with Gasteiger partial charge in [0.05, 0.1) is 12.3 Å². The molecule has 0 radical (unpaired) electrons. The van der Waals surface area contributed by atoms with Crippen LogP contribution in [0.25, 0.3) is 0 Å². The molecule has 2 atom stereocenters. The summed E-state index contributed by atoms with van der Waals surface area (Å²) in [6.45, 7) is 0. The van der Waals surface area contributed by atoms with E-state index in [0.717, 1.165) is 31.2 Å². The van der Waals surface area contributed by atoms with Crippen molar-refractivity contribution >= 4 is 0 Å². The molecule has 3 nitrogen and oxygen atoms in total. The minimum atomic E-state index is -0.223. The highest BCUT2D eigenvalue weighted by Crippen LogP contribution is 2.23. The predicted octanol–water partition coefficient (Wildman–Crippen LogP) is 1.68. The summed E-state index contributed by atoms with van der Waals surface area (Å²) in [5.74, 6) is 0.426. The van der Waals surface area contributed by atoms with Crippen molar-refractivity contribution < 1.29 is 5.11 Å². The SMILES string of the molecule is Cn1cc(CC(O)C2CC=CCC2)cn1. The largest absolute Gasteiger partial charge is 0.392 e. The Hall–Kier alpha value is -1.09. The third-order valence-corrected chi connectivity index (χ3v) is 3.06. The molecular formula is C12H18N2O. The number of allylic oxidation sites excluding steroid dienone is 2. The molecule has 0 saturated heterocycles. The Bertz CT molecular complexity index is 343. The molecule has 1 heterocycles. The van der Waals surface area contributed by atoms with Crippen LogP contribution in [0.5, 0.6) is 0 Å². The van der Waals surface area contributed by atoms with Crippen molar-refractivity contribution in [3.8, 4) is 0 Å². The van der Waals surface area contributed by atoms with E-state index >= 15 is 0 Å². The van der Waals surface area contributed by atoms with Crippen LogP contribution in [0.3, 0.4) is 0 Å². The van der Waals surface area contributed by atoms with Crippen LogP contribution in [0.2, 0.25) is 0 Å². The highest BCUT2D eigenvalue weighted by molar-refractivity contribution is 5.06. The first-order chi connectivity index (χ1) is 7.25. The van der Waals surface area contributed by atoms with E-state index in [1.807, 2.05) is 19.4 Å². The molecule has 82 valence electrons. The fourth-order valence-electron chi connectivity index (χ4n) is 2.15. The summed E-state index contributed by atoms with van der Waals surface area (Å²) >= 11 is 0. The smallest absolute Gasteiger partial charge is 0.0612 e. The standard InChI is InChI=1S/C12H18N2O/c1-14-9-10(8-13-14)7-12(15)11-5-3-2-4-6-11/h2-3,8-9,11-12,15H,4-7H2,1H3. The summed E-state index contributed by atoms with van der Waals surface area (Å²) in [4.78, 5) is 0. The highest BCUT2D eigenvalue weighted by Gasteiger charge is 2.19. The van der Waals surface area contributed by atoms with Gasteiger partial charge in [-0.05, 0) is 30.7 Å². The van der Waals surface area contributed by atoms with Gasteiger partial charge in [0.2, 0.25) is 0 Å². The molecule has 2 rings (SSSR count). The molecule has 2 unspecified atom stereocenters. The molecule has 0 aliphatic heterocycles. The van der Waals surface area contributed by atoms with Gasteiger partial charge in [0.25, 0.3) is 0 Å². The molecule has 1 aromatic rings. The Balaban J connectivity index is 1.91. The number of aromatic nitrogens is 2. The summed E-state index contributed by atoms with van der Waals surface area (Å²) in [5, 5.41) is 14.2. The van der Waals surface area contributed by atoms with Crippen molar-refractivity contribution in [2.45, 2.75) is 31.8 Å². The van der Waals surface area contributed by atoms with Crippen molar-refractivity contribution in [3.63, 3.8) is 0 Å². The van der Waals surface area contributed by atoms with Crippen molar-refractivity contribution in [1.82, 2.24) is 9.78 Å². The van der Waals surface area contributed by atoms with E-state index in [0.29, 0.717) is 5.92 Å². The van der Waals surface area contributed by atoms with Crippen LogP contribution in [0.15, 0.2) is 24.5 Å². The Labute approximate surface area is 90.4 Å². The van der Waals surface area contributed by atoms with Gasteiger partial charge in [0, 0.05) is 19.7 Å². The first-order valence-corrected chi connectivity index (χ1v) is 5.56. The molecule has 0 fully saturated rings. The minimum Gasteiger partial charge on any atom is -0.392 e. The molecule has 3 heteroatoms. The van der Waals surface area contributed by atoms with Crippen molar-refractivity contribution in [2.75, 3.05) is 0 Å². The quantitative estimate of drug-likeness (QED) is 0.764. The van der Waals surface area contributed by atoms with E-state index < -0.39 is 0 Å². The Morgan fingerprint density at radius 1 is 1.60 bits per heavy atom. The maximum absolute atomic E-state index is 10.1. The number of nitrogens with zero attached hydrogens (tertiary/aromatic N) is 2. The molecule has 0 saturated carbocycles. The molecule has 0 bridgehead atoms. The Kier molecular flexibility index (Phi) is 3.21. The van der Waals surface area contributed by atoms with E-state index in [4.69, 9.17) is 0 Å². The van der Waals surface area contributed by atoms with Gasteiger partial charge < -0.3 is 5.11 Å². The lowest BCUT2D eigenvalue weighted by molar-refractivity contribution is 0.102. The molecule has 0 aromatic carbocycles. The Morgan fingerprint density at radius 2 is 2.47 bits per heavy atom. The third-order valence-electron chi connectivity index (χ3n) is 3.06. The summed E-state index contributed by atoms with van der Waals surface area (Å²) in [6, 6.07) is 0. The topological polar surface area (TPSA) is 38.0 Å². The van der Waals surface area contributed by atoms with Gasteiger partial charge in [-0.2, -0.15) is 5.10 Å². The molecule has 1 aliphatic carbocycles. The van der Waals surface area contributed by atoms with Crippen LogP contribution in [0.4, 0.5) is 0 Å². The maximum atomic E-state index is 10.1. The second kappa shape index (κ2) is 4.62. The van der Waals surface area contributed by atoms with E-state index in [1.165, 1.54) is 0 Å². The van der Waals surface area contributed by atoms with Crippen molar-refractivity contribution in [3.05, 3.63) is 30.1 Å². The zero-order valence-electron chi connectivity index (χ0n) is 9.13. The number of aliphatic hydroxyl groups excluding tert-OH is 1. The molecule has 1 N–H and O–H groups in total. The van der Waals surface area contributed by atoms with Crippen LogP contribution >= 0.6 is 0 Å². The minimum absolute atomic E-state index is 0.223. The zero-order chi connectivity index (χ0) is 10.7. The Morgan fingerprint density at radius 3 is 3.07 bits per heavy atom. The van der Waals surface area contributed by atoms with Gasteiger partial charge in [-0.15, -0.1) is 0 Å². The number of hydrogen-bond acceptors (Lipinski definition) is 2. The number of rotatable bonds is 3. The molecule has 1 aromatic heterocycles. The van der Waals surface area contributed by atoms with Gasteiger partial charge in [0.1, 0.15) is 0 Å². The second-order valence-electron chi connectivity index (χ2n) is 4.34. The molecular weight excluding hydrogens is 188 g/mol. The van der Waals surface area contributed by atoms with Crippen LogP contribution in [-0.2, 0) is 13.5 Å². The lowest BCUT2D eigenvalue weighted by Crippen LogP contribution is -2.23. The summed E-state index contributed by atoms with van der Waals surface area (Å²) < 4.78 is 1.78. The number of aryl methyl sites for hydroxylation is 1.